The van der Waals surface area contributed by atoms with Gasteiger partial charge in [-0.1, -0.05) is 26.0 Å². The lowest BCUT2D eigenvalue weighted by molar-refractivity contribution is -0.128. The van der Waals surface area contributed by atoms with Gasteiger partial charge < -0.3 is 15.0 Å². The summed E-state index contributed by atoms with van der Waals surface area (Å²) in [7, 11) is 1.69. The first-order valence-electron chi connectivity index (χ1n) is 10.7. The Bertz CT molecular complexity index is 919. The highest BCUT2D eigenvalue weighted by Crippen LogP contribution is 2.32. The summed E-state index contributed by atoms with van der Waals surface area (Å²) in [4.78, 5) is 26.5. The molecule has 2 amide bonds. The van der Waals surface area contributed by atoms with Gasteiger partial charge in [-0.3, -0.25) is 9.59 Å². The van der Waals surface area contributed by atoms with E-state index in [9.17, 15) is 9.59 Å². The van der Waals surface area contributed by atoms with E-state index in [0.29, 0.717) is 24.4 Å². The molecule has 1 saturated heterocycles. The van der Waals surface area contributed by atoms with E-state index >= 15 is 0 Å². The van der Waals surface area contributed by atoms with Gasteiger partial charge >= 0.3 is 0 Å². The van der Waals surface area contributed by atoms with Gasteiger partial charge in [0, 0.05) is 25.1 Å². The summed E-state index contributed by atoms with van der Waals surface area (Å²) >= 11 is 0. The van der Waals surface area contributed by atoms with Gasteiger partial charge in [-0.05, 0) is 72.7 Å². The molecule has 1 heterocycles. The van der Waals surface area contributed by atoms with Crippen LogP contribution in [-0.4, -0.2) is 30.4 Å². The van der Waals surface area contributed by atoms with Crippen molar-refractivity contribution in [3.63, 3.8) is 0 Å². The monoisotopic (exact) mass is 408 g/mol. The molecule has 0 spiro atoms. The van der Waals surface area contributed by atoms with Crippen molar-refractivity contribution in [2.45, 2.75) is 59.0 Å². The van der Waals surface area contributed by atoms with E-state index in [4.69, 9.17) is 4.74 Å². The van der Waals surface area contributed by atoms with Crippen LogP contribution in [0.5, 0.6) is 5.75 Å². The van der Waals surface area contributed by atoms with Crippen molar-refractivity contribution in [2.75, 3.05) is 13.7 Å². The van der Waals surface area contributed by atoms with Crippen molar-refractivity contribution in [2.24, 2.45) is 0 Å². The fraction of sp³-hybridized carbons (Fsp3) is 0.440. The highest BCUT2D eigenvalue weighted by molar-refractivity contribution is 5.94. The van der Waals surface area contributed by atoms with Crippen molar-refractivity contribution < 1.29 is 14.3 Å². The molecule has 1 N–H and O–H groups in total. The summed E-state index contributed by atoms with van der Waals surface area (Å²) in [5.41, 5.74) is 4.99. The molecule has 0 bridgehead atoms. The van der Waals surface area contributed by atoms with Crippen LogP contribution in [0.25, 0.3) is 0 Å². The van der Waals surface area contributed by atoms with Crippen LogP contribution in [-0.2, 0) is 11.3 Å². The van der Waals surface area contributed by atoms with Crippen molar-refractivity contribution in [3.05, 3.63) is 64.2 Å². The molecular weight excluding hydrogens is 376 g/mol. The summed E-state index contributed by atoms with van der Waals surface area (Å²) in [6.45, 7) is 9.75. The molecule has 5 heteroatoms. The van der Waals surface area contributed by atoms with Crippen LogP contribution < -0.4 is 10.1 Å². The highest BCUT2D eigenvalue weighted by Gasteiger charge is 2.20. The molecule has 0 saturated carbocycles. The third kappa shape index (κ3) is 4.84. The average Bonchev–Trinajstić information content (AvgIpc) is 3.12. The Hall–Kier alpha value is -2.82. The van der Waals surface area contributed by atoms with E-state index in [-0.39, 0.29) is 17.9 Å². The minimum atomic E-state index is -0.122. The fourth-order valence-corrected chi connectivity index (χ4v) is 4.02. The summed E-state index contributed by atoms with van der Waals surface area (Å²) in [5, 5.41) is 3.11. The molecule has 1 aliphatic heterocycles. The maximum atomic E-state index is 12.8. The SMILES string of the molecule is COc1cc(C)c([C@H](C)NC(=O)c2ccc(CN3CCCC3=O)cc2)cc1C(C)C. The standard InChI is InChI=1S/C25H32N2O3/c1-16(2)21-14-22(17(3)13-23(21)30-5)18(4)26-25(29)20-10-8-19(9-11-20)15-27-12-6-7-24(27)28/h8-11,13-14,16,18H,6-7,12,15H2,1-5H3,(H,26,29)/t18-/m0/s1. The Labute approximate surface area is 179 Å². The first kappa shape index (κ1) is 21.9. The van der Waals surface area contributed by atoms with Crippen LogP contribution >= 0.6 is 0 Å². The van der Waals surface area contributed by atoms with E-state index < -0.39 is 0 Å². The van der Waals surface area contributed by atoms with Crippen LogP contribution in [0.4, 0.5) is 0 Å². The zero-order valence-corrected chi connectivity index (χ0v) is 18.6. The first-order valence-corrected chi connectivity index (χ1v) is 10.7. The second kappa shape index (κ2) is 9.33. The van der Waals surface area contributed by atoms with Gasteiger partial charge in [-0.25, -0.2) is 0 Å². The molecular formula is C25H32N2O3. The molecule has 0 unspecified atom stereocenters. The van der Waals surface area contributed by atoms with Crippen LogP contribution in [0.2, 0.25) is 0 Å². The zero-order chi connectivity index (χ0) is 21.8. The van der Waals surface area contributed by atoms with Gasteiger partial charge in [0.2, 0.25) is 5.91 Å². The maximum absolute atomic E-state index is 12.8. The largest absolute Gasteiger partial charge is 0.496 e. The van der Waals surface area contributed by atoms with Gasteiger partial charge in [-0.15, -0.1) is 0 Å². The molecule has 1 fully saturated rings. The number of hydrogen-bond acceptors (Lipinski definition) is 3. The third-order valence-electron chi connectivity index (χ3n) is 5.82. The number of methoxy groups -OCH3 is 1. The second-order valence-electron chi connectivity index (χ2n) is 8.42. The molecule has 0 aliphatic carbocycles. The number of hydrogen-bond donors (Lipinski definition) is 1. The number of nitrogens with one attached hydrogen (secondary N) is 1. The fourth-order valence-electron chi connectivity index (χ4n) is 4.02. The van der Waals surface area contributed by atoms with E-state index in [1.165, 1.54) is 0 Å². The van der Waals surface area contributed by atoms with E-state index in [1.54, 1.807) is 7.11 Å². The Kier molecular flexibility index (Phi) is 6.80. The third-order valence-corrected chi connectivity index (χ3v) is 5.82. The topological polar surface area (TPSA) is 58.6 Å². The van der Waals surface area contributed by atoms with Gasteiger partial charge in [0.05, 0.1) is 13.2 Å². The molecule has 3 rings (SSSR count). The molecule has 160 valence electrons. The summed E-state index contributed by atoms with van der Waals surface area (Å²) in [6, 6.07) is 11.6. The number of carbonyl (C=O) groups excluding carboxylic acids is 2. The smallest absolute Gasteiger partial charge is 0.251 e. The van der Waals surface area contributed by atoms with Gasteiger partial charge in [-0.2, -0.15) is 0 Å². The number of ether oxygens (including phenoxy) is 1. The van der Waals surface area contributed by atoms with E-state index in [0.717, 1.165) is 41.0 Å². The van der Waals surface area contributed by atoms with Gasteiger partial charge in [0.15, 0.2) is 0 Å². The number of carbonyl (C=O) groups is 2. The maximum Gasteiger partial charge on any atom is 0.251 e. The lowest BCUT2D eigenvalue weighted by Crippen LogP contribution is -2.27. The molecule has 1 atom stereocenters. The first-order chi connectivity index (χ1) is 14.3. The predicted octanol–water partition coefficient (Wildman–Crippen LogP) is 4.74. The molecule has 2 aromatic carbocycles. The number of amides is 2. The number of rotatable bonds is 7. The van der Waals surface area contributed by atoms with Crippen molar-refractivity contribution in [3.8, 4) is 5.75 Å². The number of likely N-dealkylation sites (tertiary alicyclic amines) is 1. The van der Waals surface area contributed by atoms with Gasteiger partial charge in [0.1, 0.15) is 5.75 Å². The average molecular weight is 409 g/mol. The van der Waals surface area contributed by atoms with Crippen LogP contribution in [0.1, 0.15) is 78.2 Å². The van der Waals surface area contributed by atoms with E-state index in [1.807, 2.05) is 49.1 Å². The van der Waals surface area contributed by atoms with Crippen molar-refractivity contribution >= 4 is 11.8 Å². The van der Waals surface area contributed by atoms with Crippen LogP contribution in [0, 0.1) is 6.92 Å². The summed E-state index contributed by atoms with van der Waals surface area (Å²) < 4.78 is 5.53. The summed E-state index contributed by atoms with van der Waals surface area (Å²) in [6.07, 6.45) is 1.57. The minimum Gasteiger partial charge on any atom is -0.496 e. The Morgan fingerprint density at radius 1 is 1.13 bits per heavy atom. The quantitative estimate of drug-likeness (QED) is 0.720. The molecule has 5 nitrogen and oxygen atoms in total. The Morgan fingerprint density at radius 2 is 1.83 bits per heavy atom. The molecule has 0 aromatic heterocycles. The second-order valence-corrected chi connectivity index (χ2v) is 8.42. The molecule has 30 heavy (non-hydrogen) atoms. The normalized spacial score (nSPS) is 14.9. The minimum absolute atomic E-state index is 0.104. The number of aryl methyl sites for hydroxylation is 1. The van der Waals surface area contributed by atoms with Crippen molar-refractivity contribution in [1.82, 2.24) is 10.2 Å². The van der Waals surface area contributed by atoms with Crippen LogP contribution in [0.3, 0.4) is 0 Å². The molecule has 0 radical (unpaired) electrons. The lowest BCUT2D eigenvalue weighted by Gasteiger charge is -2.21. The Morgan fingerprint density at radius 3 is 2.40 bits per heavy atom. The molecule has 2 aromatic rings. The van der Waals surface area contributed by atoms with Crippen molar-refractivity contribution in [1.29, 1.82) is 0 Å². The predicted molar refractivity (Wildman–Crippen MR) is 119 cm³/mol. The van der Waals surface area contributed by atoms with Gasteiger partial charge in [0.25, 0.3) is 5.91 Å². The number of benzene rings is 2. The number of nitrogens with zero attached hydrogens (tertiary/aromatic N) is 1. The van der Waals surface area contributed by atoms with Crippen LogP contribution in [0.15, 0.2) is 36.4 Å². The Balaban J connectivity index is 1.69. The van der Waals surface area contributed by atoms with E-state index in [2.05, 4.69) is 25.2 Å². The molecule has 1 aliphatic rings. The zero-order valence-electron chi connectivity index (χ0n) is 18.6. The highest BCUT2D eigenvalue weighted by atomic mass is 16.5. The summed E-state index contributed by atoms with van der Waals surface area (Å²) in [5.74, 6) is 1.32. The lowest BCUT2D eigenvalue weighted by atomic mass is 9.93.